The van der Waals surface area contributed by atoms with Crippen molar-refractivity contribution < 1.29 is 33.3 Å². The number of aromatic nitrogens is 1. The number of rotatable bonds is 5. The highest BCUT2D eigenvalue weighted by atomic mass is 35.5. The topological polar surface area (TPSA) is 106 Å². The first-order chi connectivity index (χ1) is 15.5. The second kappa shape index (κ2) is 10.1. The van der Waals surface area contributed by atoms with Crippen LogP contribution in [0.15, 0.2) is 36.5 Å². The van der Waals surface area contributed by atoms with E-state index in [0.717, 1.165) is 29.3 Å². The number of hydrogen-bond acceptors (Lipinski definition) is 5. The number of hydrogen-bond donors (Lipinski definition) is 4. The molecule has 11 heteroatoms. The number of carbonyl (C=O) groups excluding carboxylic acids is 1. The fourth-order valence-corrected chi connectivity index (χ4v) is 3.80. The van der Waals surface area contributed by atoms with Gasteiger partial charge < -0.3 is 25.5 Å². The molecular weight excluding hydrogens is 463 g/mol. The normalized spacial score (nSPS) is 16.2. The van der Waals surface area contributed by atoms with Gasteiger partial charge in [0.05, 0.1) is 22.9 Å². The molecule has 3 rings (SSSR count). The zero-order valence-corrected chi connectivity index (χ0v) is 18.4. The van der Waals surface area contributed by atoms with E-state index in [9.17, 15) is 28.2 Å². The highest BCUT2D eigenvalue weighted by Gasteiger charge is 2.33. The number of nitrogens with zero attached hydrogens (tertiary/aromatic N) is 2. The number of carbonyl (C=O) groups is 1. The zero-order chi connectivity index (χ0) is 24.3. The molecule has 2 amide bonds. The lowest BCUT2D eigenvalue weighted by Crippen LogP contribution is -2.38. The number of nitrogens with one attached hydrogen (secondary N) is 1. The van der Waals surface area contributed by atoms with Crippen LogP contribution in [0.25, 0.3) is 5.57 Å². The highest BCUT2D eigenvalue weighted by molar-refractivity contribution is 6.31. The van der Waals surface area contributed by atoms with Gasteiger partial charge in [0, 0.05) is 30.5 Å². The van der Waals surface area contributed by atoms with Crippen LogP contribution in [0.5, 0.6) is 0 Å². The Kier molecular flexibility index (Phi) is 7.63. The summed E-state index contributed by atoms with van der Waals surface area (Å²) in [6.07, 6.45) is -3.38. The van der Waals surface area contributed by atoms with Crippen molar-refractivity contribution in [3.8, 4) is 0 Å². The minimum atomic E-state index is -4.57. The lowest BCUT2D eigenvalue weighted by atomic mass is 9.98. The Labute approximate surface area is 193 Å². The molecule has 2 atom stereocenters. The zero-order valence-electron chi connectivity index (χ0n) is 17.6. The van der Waals surface area contributed by atoms with Gasteiger partial charge in [0.15, 0.2) is 0 Å². The number of pyridine rings is 1. The lowest BCUT2D eigenvalue weighted by Gasteiger charge is -2.27. The molecule has 1 aromatic carbocycles. The molecule has 178 valence electrons. The molecule has 1 aromatic heterocycles. The van der Waals surface area contributed by atoms with Gasteiger partial charge in [0.2, 0.25) is 0 Å². The van der Waals surface area contributed by atoms with Crippen molar-refractivity contribution in [3.05, 3.63) is 63.9 Å². The quantitative estimate of drug-likeness (QED) is 0.516. The smallest absolute Gasteiger partial charge is 0.394 e. The molecule has 0 bridgehead atoms. The van der Waals surface area contributed by atoms with Crippen molar-refractivity contribution >= 4 is 28.9 Å². The Morgan fingerprint density at radius 3 is 2.58 bits per heavy atom. The molecule has 2 heterocycles. The monoisotopic (exact) mass is 485 g/mol. The molecule has 2 aromatic rings. The van der Waals surface area contributed by atoms with Crippen LogP contribution in [0.1, 0.15) is 34.9 Å². The van der Waals surface area contributed by atoms with E-state index in [2.05, 4.69) is 10.3 Å². The number of anilines is 1. The van der Waals surface area contributed by atoms with Crippen LogP contribution in [0.2, 0.25) is 5.02 Å². The Bertz CT molecular complexity index is 1060. The Morgan fingerprint density at radius 1 is 1.30 bits per heavy atom. The van der Waals surface area contributed by atoms with Crippen LogP contribution in [-0.4, -0.2) is 57.0 Å². The summed E-state index contributed by atoms with van der Waals surface area (Å²) >= 11 is 5.70. The summed E-state index contributed by atoms with van der Waals surface area (Å²) in [5.74, 6) is 0. The van der Waals surface area contributed by atoms with Crippen molar-refractivity contribution in [1.82, 2.24) is 9.88 Å². The van der Waals surface area contributed by atoms with Gasteiger partial charge in [0.25, 0.3) is 0 Å². The number of aliphatic hydroxyl groups excluding tert-OH is 3. The van der Waals surface area contributed by atoms with Gasteiger partial charge in [0.1, 0.15) is 12.2 Å². The maximum atomic E-state index is 12.8. The summed E-state index contributed by atoms with van der Waals surface area (Å²) < 4.78 is 38.5. The predicted octanol–water partition coefficient (Wildman–Crippen LogP) is 3.77. The van der Waals surface area contributed by atoms with E-state index < -0.39 is 41.6 Å². The fourth-order valence-electron chi connectivity index (χ4n) is 3.51. The second-order valence-electron chi connectivity index (χ2n) is 7.68. The molecule has 0 unspecified atom stereocenters. The first-order valence-corrected chi connectivity index (χ1v) is 10.4. The molecule has 33 heavy (non-hydrogen) atoms. The number of halogens is 4. The molecule has 7 nitrogen and oxygen atoms in total. The van der Waals surface area contributed by atoms with Gasteiger partial charge in [-0.2, -0.15) is 13.2 Å². The first-order valence-electron chi connectivity index (χ1n) is 10.1. The van der Waals surface area contributed by atoms with Gasteiger partial charge in [-0.05, 0) is 48.7 Å². The van der Waals surface area contributed by atoms with E-state index in [4.69, 9.17) is 16.7 Å². The third-order valence-corrected chi connectivity index (χ3v) is 5.63. The van der Waals surface area contributed by atoms with Gasteiger partial charge in [-0.25, -0.2) is 4.79 Å². The van der Waals surface area contributed by atoms with Crippen LogP contribution in [0.4, 0.5) is 23.7 Å². The molecule has 0 aliphatic carbocycles. The molecule has 0 radical (unpaired) electrons. The summed E-state index contributed by atoms with van der Waals surface area (Å²) in [6, 6.07) is 4.24. The minimum Gasteiger partial charge on any atom is -0.394 e. The number of alkyl halides is 3. The van der Waals surface area contributed by atoms with Gasteiger partial charge in [-0.3, -0.25) is 4.98 Å². The molecular formula is C22H23ClF3N3O4. The highest BCUT2D eigenvalue weighted by Crippen LogP contribution is 2.36. The van der Waals surface area contributed by atoms with E-state index in [1.807, 2.05) is 6.08 Å². The van der Waals surface area contributed by atoms with Crippen molar-refractivity contribution in [2.24, 2.45) is 0 Å². The number of aryl methyl sites for hydroxylation is 1. The lowest BCUT2D eigenvalue weighted by molar-refractivity contribution is -0.137. The van der Waals surface area contributed by atoms with Crippen LogP contribution < -0.4 is 5.32 Å². The van der Waals surface area contributed by atoms with E-state index in [1.165, 1.54) is 11.1 Å². The summed E-state index contributed by atoms with van der Waals surface area (Å²) in [6.45, 7) is 1.85. The molecule has 0 fully saturated rings. The average Bonchev–Trinajstić information content (AvgIpc) is 2.77. The van der Waals surface area contributed by atoms with E-state index >= 15 is 0 Å². The van der Waals surface area contributed by atoms with Gasteiger partial charge in [-0.1, -0.05) is 17.7 Å². The van der Waals surface area contributed by atoms with Crippen molar-refractivity contribution in [2.75, 3.05) is 25.0 Å². The van der Waals surface area contributed by atoms with E-state index in [0.29, 0.717) is 24.2 Å². The standard InChI is InChI=1S/C22H23ClF3N3O4/c1-12-8-14(20(32)18(31)11-30)10-27-19(12)13-4-6-29(7-5-13)21(33)28-15-2-3-16(17(23)9-15)22(24,25)26/h2-4,8-10,18,20,30-32H,5-7,11H2,1H3,(H,28,33)/t18-,20-/m0/s1. The minimum absolute atomic E-state index is 0.157. The third-order valence-electron chi connectivity index (χ3n) is 5.32. The Hall–Kier alpha value is -2.66. The molecule has 0 saturated heterocycles. The predicted molar refractivity (Wildman–Crippen MR) is 117 cm³/mol. The first kappa shape index (κ1) is 25.0. The third kappa shape index (κ3) is 5.83. The fraction of sp³-hybridized carbons (Fsp3) is 0.364. The van der Waals surface area contributed by atoms with Crippen LogP contribution in [0.3, 0.4) is 0 Å². The number of benzene rings is 1. The largest absolute Gasteiger partial charge is 0.417 e. The molecule has 0 saturated carbocycles. The summed E-state index contributed by atoms with van der Waals surface area (Å²) in [7, 11) is 0. The van der Waals surface area contributed by atoms with Crippen LogP contribution >= 0.6 is 11.6 Å². The van der Waals surface area contributed by atoms with E-state index in [-0.39, 0.29) is 12.2 Å². The number of urea groups is 1. The number of aliphatic hydroxyl groups is 3. The van der Waals surface area contributed by atoms with Crippen LogP contribution in [0, 0.1) is 6.92 Å². The summed E-state index contributed by atoms with van der Waals surface area (Å²) in [4.78, 5) is 18.4. The molecule has 1 aliphatic heterocycles. The Morgan fingerprint density at radius 2 is 2.03 bits per heavy atom. The maximum Gasteiger partial charge on any atom is 0.417 e. The molecule has 0 spiro atoms. The van der Waals surface area contributed by atoms with Crippen molar-refractivity contribution in [2.45, 2.75) is 31.7 Å². The Balaban J connectivity index is 1.66. The summed E-state index contributed by atoms with van der Waals surface area (Å²) in [5, 5.41) is 30.7. The number of amides is 2. The van der Waals surface area contributed by atoms with Crippen molar-refractivity contribution in [1.29, 1.82) is 0 Å². The van der Waals surface area contributed by atoms with Gasteiger partial charge >= 0.3 is 12.2 Å². The van der Waals surface area contributed by atoms with Gasteiger partial charge in [-0.15, -0.1) is 0 Å². The molecule has 1 aliphatic rings. The second-order valence-corrected chi connectivity index (χ2v) is 8.08. The molecule has 4 N–H and O–H groups in total. The average molecular weight is 486 g/mol. The van der Waals surface area contributed by atoms with Crippen LogP contribution in [-0.2, 0) is 6.18 Å². The SMILES string of the molecule is Cc1cc([C@H](O)[C@@H](O)CO)cnc1C1=CCN(C(=O)Nc2ccc(C(F)(F)F)c(Cl)c2)CC1. The van der Waals surface area contributed by atoms with E-state index in [1.54, 1.807) is 13.0 Å². The van der Waals surface area contributed by atoms with Crippen molar-refractivity contribution in [3.63, 3.8) is 0 Å². The maximum absolute atomic E-state index is 12.8. The summed E-state index contributed by atoms with van der Waals surface area (Å²) in [5.41, 5.74) is 1.92.